The van der Waals surface area contributed by atoms with E-state index in [1.165, 1.54) is 36.2 Å². The van der Waals surface area contributed by atoms with Gasteiger partial charge in [0.25, 0.3) is 0 Å². The van der Waals surface area contributed by atoms with Crippen molar-refractivity contribution in [3.63, 3.8) is 0 Å². The van der Waals surface area contributed by atoms with E-state index in [2.05, 4.69) is 47.2 Å². The molecule has 106 valence electrons. The molecule has 2 aliphatic rings. The van der Waals surface area contributed by atoms with Crippen molar-refractivity contribution in [1.82, 2.24) is 9.88 Å². The number of hydrogen-bond acceptors (Lipinski definition) is 4. The molecule has 4 heteroatoms. The predicted octanol–water partition coefficient (Wildman–Crippen LogP) is 3.64. The first-order valence-electron chi connectivity index (χ1n) is 7.58. The van der Waals surface area contributed by atoms with E-state index < -0.39 is 0 Å². The quantitative estimate of drug-likeness (QED) is 0.934. The molecule has 2 unspecified atom stereocenters. The molecule has 0 spiro atoms. The van der Waals surface area contributed by atoms with E-state index in [4.69, 9.17) is 0 Å². The molecule has 0 radical (unpaired) electrons. The Labute approximate surface area is 124 Å². The summed E-state index contributed by atoms with van der Waals surface area (Å²) in [7, 11) is 0. The lowest BCUT2D eigenvalue weighted by Gasteiger charge is -2.19. The van der Waals surface area contributed by atoms with E-state index in [0.717, 1.165) is 22.6 Å². The van der Waals surface area contributed by atoms with E-state index in [0.29, 0.717) is 6.04 Å². The lowest BCUT2D eigenvalue weighted by molar-refractivity contribution is 0.257. The van der Waals surface area contributed by atoms with E-state index >= 15 is 0 Å². The summed E-state index contributed by atoms with van der Waals surface area (Å²) < 4.78 is 1.29. The van der Waals surface area contributed by atoms with Crippen LogP contribution >= 0.6 is 11.3 Å². The van der Waals surface area contributed by atoms with Gasteiger partial charge in [-0.15, -0.1) is 11.3 Å². The van der Waals surface area contributed by atoms with Crippen LogP contribution in [-0.2, 0) is 0 Å². The van der Waals surface area contributed by atoms with Gasteiger partial charge in [0, 0.05) is 30.4 Å². The molecule has 2 atom stereocenters. The third-order valence-electron chi connectivity index (χ3n) is 4.51. The molecule has 1 aliphatic carbocycles. The zero-order valence-corrected chi connectivity index (χ0v) is 12.9. The summed E-state index contributed by atoms with van der Waals surface area (Å²) in [4.78, 5) is 7.21. The summed E-state index contributed by atoms with van der Waals surface area (Å²) in [6.45, 7) is 5.64. The van der Waals surface area contributed by atoms with Crippen LogP contribution in [0.3, 0.4) is 0 Å². The fraction of sp³-hybridized carbons (Fsp3) is 0.562. The standard InChI is InChI=1S/C16H21N3S/c1-10-7-13(9-19(10)14-4-5-14)18-12-3-6-15-16(8-12)20-11(2)17-15/h3,6,8,10,13-14,18H,4-5,7,9H2,1-2H3. The molecule has 0 bridgehead atoms. The Kier molecular flexibility index (Phi) is 2.97. The molecule has 20 heavy (non-hydrogen) atoms. The average molecular weight is 287 g/mol. The van der Waals surface area contributed by atoms with Crippen LogP contribution < -0.4 is 5.32 Å². The van der Waals surface area contributed by atoms with Crippen LogP contribution in [0.5, 0.6) is 0 Å². The normalized spacial score (nSPS) is 27.3. The minimum absolute atomic E-state index is 0.595. The van der Waals surface area contributed by atoms with E-state index in [1.54, 1.807) is 11.3 Å². The second-order valence-corrected chi connectivity index (χ2v) is 7.50. The molecule has 1 saturated carbocycles. The number of hydrogen-bond donors (Lipinski definition) is 1. The van der Waals surface area contributed by atoms with Crippen molar-refractivity contribution in [2.75, 3.05) is 11.9 Å². The van der Waals surface area contributed by atoms with Crippen LogP contribution in [0.2, 0.25) is 0 Å². The summed E-state index contributed by atoms with van der Waals surface area (Å²) >= 11 is 1.78. The van der Waals surface area contributed by atoms with Gasteiger partial charge in [0.15, 0.2) is 0 Å². The minimum atomic E-state index is 0.595. The molecule has 3 nitrogen and oxygen atoms in total. The van der Waals surface area contributed by atoms with Crippen molar-refractivity contribution in [1.29, 1.82) is 0 Å². The van der Waals surface area contributed by atoms with Gasteiger partial charge in [-0.2, -0.15) is 0 Å². The first-order chi connectivity index (χ1) is 9.69. The number of fused-ring (bicyclic) bond motifs is 1. The molecule has 1 N–H and O–H groups in total. The van der Waals surface area contributed by atoms with Crippen molar-refractivity contribution in [2.24, 2.45) is 0 Å². The van der Waals surface area contributed by atoms with Crippen molar-refractivity contribution < 1.29 is 0 Å². The SMILES string of the molecule is Cc1nc2ccc(NC3CC(C)N(C4CC4)C3)cc2s1. The monoisotopic (exact) mass is 287 g/mol. The Balaban J connectivity index is 1.49. The van der Waals surface area contributed by atoms with Crippen molar-refractivity contribution in [3.8, 4) is 0 Å². The van der Waals surface area contributed by atoms with Gasteiger partial charge in [0.1, 0.15) is 0 Å². The van der Waals surface area contributed by atoms with Crippen LogP contribution in [0.15, 0.2) is 18.2 Å². The zero-order chi connectivity index (χ0) is 13.7. The number of thiazole rings is 1. The van der Waals surface area contributed by atoms with E-state index in [1.807, 2.05) is 0 Å². The maximum Gasteiger partial charge on any atom is 0.0907 e. The smallest absolute Gasteiger partial charge is 0.0907 e. The van der Waals surface area contributed by atoms with Gasteiger partial charge in [0.2, 0.25) is 0 Å². The highest BCUT2D eigenvalue weighted by Gasteiger charge is 2.38. The number of nitrogens with one attached hydrogen (secondary N) is 1. The van der Waals surface area contributed by atoms with Gasteiger partial charge in [-0.25, -0.2) is 4.98 Å². The van der Waals surface area contributed by atoms with Gasteiger partial charge in [-0.1, -0.05) is 0 Å². The fourth-order valence-electron chi connectivity index (χ4n) is 3.44. The number of nitrogens with zero attached hydrogens (tertiary/aromatic N) is 2. The number of anilines is 1. The number of aryl methyl sites for hydroxylation is 1. The third-order valence-corrected chi connectivity index (χ3v) is 5.44. The molecule has 0 amide bonds. The average Bonchev–Trinajstić information content (AvgIpc) is 3.08. The maximum absolute atomic E-state index is 4.52. The van der Waals surface area contributed by atoms with E-state index in [9.17, 15) is 0 Å². The maximum atomic E-state index is 4.52. The number of rotatable bonds is 3. The molecule has 2 fully saturated rings. The third kappa shape index (κ3) is 2.31. The van der Waals surface area contributed by atoms with Crippen LogP contribution in [0.4, 0.5) is 5.69 Å². The Hall–Kier alpha value is -1.13. The molecule has 2 aromatic rings. The number of aromatic nitrogens is 1. The molecule has 4 rings (SSSR count). The molecular weight excluding hydrogens is 266 g/mol. The molecule has 1 aromatic heterocycles. The Morgan fingerprint density at radius 2 is 2.20 bits per heavy atom. The van der Waals surface area contributed by atoms with Gasteiger partial charge in [0.05, 0.1) is 15.2 Å². The molecular formula is C16H21N3S. The first kappa shape index (κ1) is 12.6. The van der Waals surface area contributed by atoms with Gasteiger partial charge < -0.3 is 5.32 Å². The fourth-order valence-corrected chi connectivity index (χ4v) is 4.31. The summed E-state index contributed by atoms with van der Waals surface area (Å²) in [6, 6.07) is 8.77. The number of benzene rings is 1. The summed E-state index contributed by atoms with van der Waals surface area (Å²) in [6.07, 6.45) is 4.07. The Morgan fingerprint density at radius 1 is 1.35 bits per heavy atom. The van der Waals surface area contributed by atoms with Crippen LogP contribution in [0.25, 0.3) is 10.2 Å². The van der Waals surface area contributed by atoms with Gasteiger partial charge in [-0.3, -0.25) is 4.90 Å². The van der Waals surface area contributed by atoms with E-state index in [-0.39, 0.29) is 0 Å². The largest absolute Gasteiger partial charge is 0.381 e. The highest BCUT2D eigenvalue weighted by molar-refractivity contribution is 7.18. The molecule has 2 heterocycles. The molecule has 1 aliphatic heterocycles. The second kappa shape index (κ2) is 4.71. The highest BCUT2D eigenvalue weighted by atomic mass is 32.1. The van der Waals surface area contributed by atoms with Gasteiger partial charge in [-0.05, 0) is 51.3 Å². The van der Waals surface area contributed by atoms with Crippen LogP contribution in [-0.4, -0.2) is 34.6 Å². The zero-order valence-electron chi connectivity index (χ0n) is 12.1. The summed E-state index contributed by atoms with van der Waals surface area (Å²) in [5, 5.41) is 4.87. The lowest BCUT2D eigenvalue weighted by Crippen LogP contribution is -2.30. The van der Waals surface area contributed by atoms with Gasteiger partial charge >= 0.3 is 0 Å². The summed E-state index contributed by atoms with van der Waals surface area (Å²) in [5.41, 5.74) is 2.37. The first-order valence-corrected chi connectivity index (χ1v) is 8.40. The number of likely N-dealkylation sites (tertiary alicyclic amines) is 1. The Bertz CT molecular complexity index is 632. The summed E-state index contributed by atoms with van der Waals surface area (Å²) in [5.74, 6) is 0. The van der Waals surface area contributed by atoms with Crippen LogP contribution in [0.1, 0.15) is 31.2 Å². The Morgan fingerprint density at radius 3 is 3.00 bits per heavy atom. The lowest BCUT2D eigenvalue weighted by atomic mass is 10.2. The molecule has 1 aromatic carbocycles. The second-order valence-electron chi connectivity index (χ2n) is 6.27. The predicted molar refractivity (Wildman–Crippen MR) is 85.6 cm³/mol. The van der Waals surface area contributed by atoms with Crippen LogP contribution in [0, 0.1) is 6.92 Å². The van der Waals surface area contributed by atoms with Crippen molar-refractivity contribution in [3.05, 3.63) is 23.2 Å². The topological polar surface area (TPSA) is 28.2 Å². The minimum Gasteiger partial charge on any atom is -0.381 e. The molecule has 1 saturated heterocycles. The van der Waals surface area contributed by atoms with Crippen molar-refractivity contribution in [2.45, 2.75) is 51.2 Å². The van der Waals surface area contributed by atoms with Crippen molar-refractivity contribution >= 4 is 27.2 Å². The highest BCUT2D eigenvalue weighted by Crippen LogP contribution is 2.34.